The number of aromatic nitrogens is 2. The minimum Gasteiger partial charge on any atom is -0.490 e. The first-order chi connectivity index (χ1) is 17.2. The second kappa shape index (κ2) is 12.2. The normalized spacial score (nSPS) is 11.4. The predicted octanol–water partition coefficient (Wildman–Crippen LogP) is 4.89. The second-order valence-electron chi connectivity index (χ2n) is 8.74. The minimum atomic E-state index is -0.289. The number of carbonyl (C=O) groups is 1. The summed E-state index contributed by atoms with van der Waals surface area (Å²) in [5.74, 6) is 1.25. The highest BCUT2D eigenvalue weighted by Gasteiger charge is 2.15. The SMILES string of the molecule is CCOc1ccc(C(=O)NC(=NCCc2c(C)nn(C)c2C)Nc2cc(C)cc(C)c2)cc1OCC. The van der Waals surface area contributed by atoms with Gasteiger partial charge in [-0.2, -0.15) is 5.10 Å². The number of hydrogen-bond acceptors (Lipinski definition) is 5. The smallest absolute Gasteiger partial charge is 0.258 e. The summed E-state index contributed by atoms with van der Waals surface area (Å²) in [5.41, 5.74) is 6.85. The molecular weight excluding hydrogens is 454 g/mol. The van der Waals surface area contributed by atoms with Gasteiger partial charge in [-0.15, -0.1) is 0 Å². The van der Waals surface area contributed by atoms with E-state index in [-0.39, 0.29) is 5.91 Å². The average Bonchev–Trinajstić information content (AvgIpc) is 3.05. The molecular formula is C28H37N5O3. The van der Waals surface area contributed by atoms with Gasteiger partial charge in [0, 0.05) is 30.5 Å². The molecule has 2 N–H and O–H groups in total. The van der Waals surface area contributed by atoms with E-state index in [2.05, 4.69) is 28.7 Å². The molecule has 0 radical (unpaired) electrons. The van der Waals surface area contributed by atoms with Crippen LogP contribution in [0.3, 0.4) is 0 Å². The number of nitrogens with zero attached hydrogens (tertiary/aromatic N) is 3. The third-order valence-electron chi connectivity index (χ3n) is 5.81. The van der Waals surface area contributed by atoms with E-state index < -0.39 is 0 Å². The molecule has 0 aliphatic heterocycles. The van der Waals surface area contributed by atoms with Crippen LogP contribution >= 0.6 is 0 Å². The molecule has 0 aliphatic carbocycles. The van der Waals surface area contributed by atoms with Crippen molar-refractivity contribution < 1.29 is 14.3 Å². The lowest BCUT2D eigenvalue weighted by Gasteiger charge is -2.15. The minimum absolute atomic E-state index is 0.289. The van der Waals surface area contributed by atoms with Gasteiger partial charge in [0.05, 0.1) is 18.9 Å². The first-order valence-electron chi connectivity index (χ1n) is 12.3. The van der Waals surface area contributed by atoms with E-state index in [4.69, 9.17) is 14.5 Å². The molecule has 36 heavy (non-hydrogen) atoms. The van der Waals surface area contributed by atoms with Crippen LogP contribution < -0.4 is 20.1 Å². The number of carbonyl (C=O) groups excluding carboxylic acids is 1. The van der Waals surface area contributed by atoms with Gasteiger partial charge in [0.2, 0.25) is 5.96 Å². The van der Waals surface area contributed by atoms with Gasteiger partial charge < -0.3 is 14.8 Å². The Hall–Kier alpha value is -3.81. The van der Waals surface area contributed by atoms with E-state index in [1.165, 1.54) is 5.56 Å². The van der Waals surface area contributed by atoms with Gasteiger partial charge in [-0.05, 0) is 95.0 Å². The highest BCUT2D eigenvalue weighted by atomic mass is 16.5. The van der Waals surface area contributed by atoms with Crippen LogP contribution in [0, 0.1) is 27.7 Å². The number of rotatable bonds is 9. The number of amides is 1. The van der Waals surface area contributed by atoms with Crippen molar-refractivity contribution in [2.24, 2.45) is 12.0 Å². The molecule has 0 bridgehead atoms. The second-order valence-corrected chi connectivity index (χ2v) is 8.74. The van der Waals surface area contributed by atoms with Gasteiger partial charge in [-0.1, -0.05) is 6.07 Å². The fourth-order valence-corrected chi connectivity index (χ4v) is 4.12. The molecule has 1 amide bonds. The lowest BCUT2D eigenvalue weighted by atomic mass is 10.1. The number of ether oxygens (including phenoxy) is 2. The molecule has 0 spiro atoms. The molecule has 0 aliphatic rings. The van der Waals surface area contributed by atoms with Crippen molar-refractivity contribution in [3.05, 3.63) is 70.0 Å². The topological polar surface area (TPSA) is 89.8 Å². The van der Waals surface area contributed by atoms with Crippen molar-refractivity contribution in [2.45, 2.75) is 48.0 Å². The molecule has 0 saturated heterocycles. The average molecular weight is 492 g/mol. The van der Waals surface area contributed by atoms with E-state index in [9.17, 15) is 4.79 Å². The maximum absolute atomic E-state index is 13.2. The molecule has 1 aromatic heterocycles. The Kier molecular flexibility index (Phi) is 9.11. The summed E-state index contributed by atoms with van der Waals surface area (Å²) in [4.78, 5) is 17.9. The zero-order valence-corrected chi connectivity index (χ0v) is 22.4. The van der Waals surface area contributed by atoms with Gasteiger partial charge in [0.1, 0.15) is 0 Å². The number of aryl methyl sites for hydroxylation is 4. The maximum Gasteiger partial charge on any atom is 0.258 e. The van der Waals surface area contributed by atoms with Crippen molar-refractivity contribution in [3.8, 4) is 11.5 Å². The summed E-state index contributed by atoms with van der Waals surface area (Å²) in [6, 6.07) is 11.3. The molecule has 0 fully saturated rings. The summed E-state index contributed by atoms with van der Waals surface area (Å²) >= 11 is 0. The van der Waals surface area contributed by atoms with Crippen LogP contribution in [0.25, 0.3) is 0 Å². The monoisotopic (exact) mass is 491 g/mol. The first-order valence-corrected chi connectivity index (χ1v) is 12.3. The fraction of sp³-hybridized carbons (Fsp3) is 0.393. The van der Waals surface area contributed by atoms with Crippen molar-refractivity contribution in [2.75, 3.05) is 25.1 Å². The van der Waals surface area contributed by atoms with Crippen LogP contribution in [-0.4, -0.2) is 41.4 Å². The molecule has 2 aromatic carbocycles. The number of hydrogen-bond donors (Lipinski definition) is 2. The molecule has 1 heterocycles. The van der Waals surface area contributed by atoms with Crippen LogP contribution in [-0.2, 0) is 13.5 Å². The third kappa shape index (κ3) is 6.87. The summed E-state index contributed by atoms with van der Waals surface area (Å²) < 4.78 is 13.2. The van der Waals surface area contributed by atoms with E-state index in [0.717, 1.165) is 34.6 Å². The lowest BCUT2D eigenvalue weighted by Crippen LogP contribution is -2.36. The summed E-state index contributed by atoms with van der Waals surface area (Å²) in [6.45, 7) is 13.4. The van der Waals surface area contributed by atoms with Crippen molar-refractivity contribution in [3.63, 3.8) is 0 Å². The quantitative estimate of drug-likeness (QED) is 0.329. The van der Waals surface area contributed by atoms with E-state index in [1.54, 1.807) is 18.2 Å². The summed E-state index contributed by atoms with van der Waals surface area (Å²) in [7, 11) is 1.94. The van der Waals surface area contributed by atoms with Gasteiger partial charge in [0.25, 0.3) is 5.91 Å². The van der Waals surface area contributed by atoms with Crippen molar-refractivity contribution in [1.82, 2.24) is 15.1 Å². The van der Waals surface area contributed by atoms with E-state index in [1.807, 2.05) is 58.5 Å². The number of anilines is 1. The Morgan fingerprint density at radius 1 is 0.972 bits per heavy atom. The summed E-state index contributed by atoms with van der Waals surface area (Å²) in [6.07, 6.45) is 0.719. The van der Waals surface area contributed by atoms with Gasteiger partial charge in [0.15, 0.2) is 11.5 Å². The Labute approximate surface area is 213 Å². The van der Waals surface area contributed by atoms with E-state index >= 15 is 0 Å². The zero-order valence-electron chi connectivity index (χ0n) is 22.4. The number of nitrogens with one attached hydrogen (secondary N) is 2. The lowest BCUT2D eigenvalue weighted by molar-refractivity contribution is 0.0976. The van der Waals surface area contributed by atoms with Crippen LogP contribution in [0.4, 0.5) is 5.69 Å². The fourth-order valence-electron chi connectivity index (χ4n) is 4.12. The molecule has 0 unspecified atom stereocenters. The van der Waals surface area contributed by atoms with Crippen molar-refractivity contribution in [1.29, 1.82) is 0 Å². The standard InChI is InChI=1S/C28H37N5O3/c1-8-35-25-11-10-22(17-26(25)36-9-2)27(34)31-28(30-23-15-18(3)14-19(4)16-23)29-13-12-24-20(5)32-33(7)21(24)6/h10-11,14-17H,8-9,12-13H2,1-7H3,(H2,29,30,31,34). The van der Waals surface area contributed by atoms with Crippen LogP contribution in [0.15, 0.2) is 41.4 Å². The van der Waals surface area contributed by atoms with Crippen molar-refractivity contribution >= 4 is 17.6 Å². The Bertz CT molecular complexity index is 1230. The van der Waals surface area contributed by atoms with Crippen LogP contribution in [0.1, 0.15) is 52.3 Å². The highest BCUT2D eigenvalue weighted by Crippen LogP contribution is 2.28. The van der Waals surface area contributed by atoms with Crippen LogP contribution in [0.2, 0.25) is 0 Å². The summed E-state index contributed by atoms with van der Waals surface area (Å²) in [5, 5.41) is 10.7. The molecule has 8 nitrogen and oxygen atoms in total. The van der Waals surface area contributed by atoms with Gasteiger partial charge in [-0.3, -0.25) is 19.8 Å². The zero-order chi connectivity index (χ0) is 26.2. The largest absolute Gasteiger partial charge is 0.490 e. The first kappa shape index (κ1) is 26.8. The number of aliphatic imine (C=N–C) groups is 1. The Morgan fingerprint density at radius 2 is 1.64 bits per heavy atom. The number of benzene rings is 2. The maximum atomic E-state index is 13.2. The van der Waals surface area contributed by atoms with Gasteiger partial charge in [-0.25, -0.2) is 0 Å². The molecule has 0 saturated carbocycles. The Morgan fingerprint density at radius 3 is 2.25 bits per heavy atom. The molecule has 192 valence electrons. The Balaban J connectivity index is 1.84. The molecule has 0 atom stereocenters. The van der Waals surface area contributed by atoms with Gasteiger partial charge >= 0.3 is 0 Å². The third-order valence-corrected chi connectivity index (χ3v) is 5.81. The predicted molar refractivity (Wildman–Crippen MR) is 144 cm³/mol. The van der Waals surface area contributed by atoms with E-state index in [0.29, 0.717) is 42.8 Å². The van der Waals surface area contributed by atoms with Crippen LogP contribution in [0.5, 0.6) is 11.5 Å². The molecule has 8 heteroatoms. The molecule has 3 rings (SSSR count). The highest BCUT2D eigenvalue weighted by molar-refractivity contribution is 6.10. The molecule has 3 aromatic rings. The number of guanidine groups is 1.